The zero-order valence-electron chi connectivity index (χ0n) is 10.3. The molecule has 2 aromatic heterocycles. The van der Waals surface area contributed by atoms with Crippen molar-refractivity contribution in [3.63, 3.8) is 0 Å². The van der Waals surface area contributed by atoms with Crippen LogP contribution in [0, 0.1) is 0 Å². The summed E-state index contributed by atoms with van der Waals surface area (Å²) in [6, 6.07) is 1.67. The summed E-state index contributed by atoms with van der Waals surface area (Å²) in [4.78, 5) is 22.3. The zero-order chi connectivity index (χ0) is 13.8. The molecule has 0 aliphatic carbocycles. The number of aromatic nitrogens is 4. The molecule has 0 radical (unpaired) electrons. The number of carboxylic acids is 1. The molecule has 0 spiro atoms. The first-order chi connectivity index (χ1) is 9.04. The number of aryl methyl sites for hydroxylation is 2. The van der Waals surface area contributed by atoms with Crippen LogP contribution in [0.2, 0.25) is 0 Å². The summed E-state index contributed by atoms with van der Waals surface area (Å²) in [7, 11) is 1.75. The third-order valence-electron chi connectivity index (χ3n) is 2.41. The van der Waals surface area contributed by atoms with Crippen LogP contribution in [0.4, 0.5) is 5.82 Å². The molecule has 1 amide bonds. The van der Waals surface area contributed by atoms with Gasteiger partial charge in [-0.1, -0.05) is 0 Å². The molecule has 8 heteroatoms. The molecule has 2 aromatic rings. The predicted octanol–water partition coefficient (Wildman–Crippen LogP) is 0.344. The molecular formula is C11H13N5O3. The zero-order valence-corrected chi connectivity index (χ0v) is 10.3. The van der Waals surface area contributed by atoms with Crippen molar-refractivity contribution in [3.05, 3.63) is 30.2 Å². The van der Waals surface area contributed by atoms with Gasteiger partial charge >= 0.3 is 5.97 Å². The monoisotopic (exact) mass is 263 g/mol. The van der Waals surface area contributed by atoms with E-state index in [0.29, 0.717) is 11.4 Å². The lowest BCUT2D eigenvalue weighted by Gasteiger charge is -1.98. The first-order valence-corrected chi connectivity index (χ1v) is 5.60. The number of carbonyl (C=O) groups is 2. The quantitative estimate of drug-likeness (QED) is 0.810. The number of hydrogen-bond acceptors (Lipinski definition) is 4. The number of anilines is 1. The van der Waals surface area contributed by atoms with E-state index >= 15 is 0 Å². The molecule has 0 saturated carbocycles. The number of rotatable bonds is 5. The average molecular weight is 263 g/mol. The van der Waals surface area contributed by atoms with Crippen molar-refractivity contribution in [2.45, 2.75) is 13.0 Å². The molecule has 0 bridgehead atoms. The number of carboxylic acid groups (broad SMARTS) is 1. The fourth-order valence-corrected chi connectivity index (χ4v) is 1.48. The van der Waals surface area contributed by atoms with Crippen molar-refractivity contribution in [2.75, 3.05) is 5.32 Å². The molecule has 0 fully saturated rings. The minimum atomic E-state index is -0.907. The van der Waals surface area contributed by atoms with Gasteiger partial charge in [-0.3, -0.25) is 19.0 Å². The van der Waals surface area contributed by atoms with Gasteiger partial charge in [-0.25, -0.2) is 0 Å². The standard InChI is InChI=1S/C11H13N5O3/c1-15-4-2-9(14-15)13-11(19)8-6-12-16(7-8)5-3-10(17)18/h2,4,6-7H,3,5H2,1H3,(H,17,18)(H,13,14,19). The van der Waals surface area contributed by atoms with E-state index in [1.54, 1.807) is 24.0 Å². The Hall–Kier alpha value is -2.64. The first kappa shape index (κ1) is 12.8. The molecule has 0 saturated heterocycles. The van der Waals surface area contributed by atoms with Gasteiger partial charge in [-0.15, -0.1) is 0 Å². The Bertz CT molecular complexity index is 601. The van der Waals surface area contributed by atoms with Crippen molar-refractivity contribution >= 4 is 17.7 Å². The van der Waals surface area contributed by atoms with E-state index in [1.165, 1.54) is 17.1 Å². The smallest absolute Gasteiger partial charge is 0.305 e. The third kappa shape index (κ3) is 3.41. The van der Waals surface area contributed by atoms with Gasteiger partial charge in [-0.2, -0.15) is 10.2 Å². The molecule has 0 atom stereocenters. The van der Waals surface area contributed by atoms with E-state index < -0.39 is 5.97 Å². The average Bonchev–Trinajstić information content (AvgIpc) is 2.95. The van der Waals surface area contributed by atoms with E-state index in [4.69, 9.17) is 5.11 Å². The van der Waals surface area contributed by atoms with E-state index in [9.17, 15) is 9.59 Å². The maximum absolute atomic E-state index is 11.8. The number of aliphatic carboxylic acids is 1. The Morgan fingerprint density at radius 1 is 1.47 bits per heavy atom. The molecule has 0 aliphatic heterocycles. The molecule has 2 N–H and O–H groups in total. The van der Waals surface area contributed by atoms with Crippen LogP contribution in [0.5, 0.6) is 0 Å². The fourth-order valence-electron chi connectivity index (χ4n) is 1.48. The van der Waals surface area contributed by atoms with Crippen LogP contribution >= 0.6 is 0 Å². The predicted molar refractivity (Wildman–Crippen MR) is 65.6 cm³/mol. The second-order valence-electron chi connectivity index (χ2n) is 3.96. The maximum Gasteiger partial charge on any atom is 0.305 e. The van der Waals surface area contributed by atoms with Crippen LogP contribution in [0.1, 0.15) is 16.8 Å². The van der Waals surface area contributed by atoms with E-state index in [1.807, 2.05) is 0 Å². The maximum atomic E-state index is 11.8. The van der Waals surface area contributed by atoms with Crippen molar-refractivity contribution in [3.8, 4) is 0 Å². The van der Waals surface area contributed by atoms with Gasteiger partial charge in [0, 0.05) is 25.5 Å². The minimum absolute atomic E-state index is 0.0387. The van der Waals surface area contributed by atoms with Crippen molar-refractivity contribution < 1.29 is 14.7 Å². The third-order valence-corrected chi connectivity index (χ3v) is 2.41. The Balaban J connectivity index is 1.97. The topological polar surface area (TPSA) is 102 Å². The Morgan fingerprint density at radius 2 is 2.26 bits per heavy atom. The van der Waals surface area contributed by atoms with Crippen LogP contribution < -0.4 is 5.32 Å². The number of nitrogens with zero attached hydrogens (tertiary/aromatic N) is 4. The highest BCUT2D eigenvalue weighted by atomic mass is 16.4. The van der Waals surface area contributed by atoms with E-state index in [-0.39, 0.29) is 18.9 Å². The van der Waals surface area contributed by atoms with Gasteiger partial charge in [0.25, 0.3) is 5.91 Å². The summed E-state index contributed by atoms with van der Waals surface area (Å²) >= 11 is 0. The highest BCUT2D eigenvalue weighted by Gasteiger charge is 2.10. The molecule has 0 aromatic carbocycles. The summed E-state index contributed by atoms with van der Waals surface area (Å²) in [5.74, 6) is -0.791. The van der Waals surface area contributed by atoms with Crippen molar-refractivity contribution in [1.29, 1.82) is 0 Å². The highest BCUT2D eigenvalue weighted by Crippen LogP contribution is 2.05. The van der Waals surface area contributed by atoms with Crippen LogP contribution in [0.3, 0.4) is 0 Å². The Kier molecular flexibility index (Phi) is 3.60. The summed E-state index contributed by atoms with van der Waals surface area (Å²) in [6.45, 7) is 0.228. The second kappa shape index (κ2) is 5.34. The number of amides is 1. The van der Waals surface area contributed by atoms with Crippen LogP contribution in [-0.2, 0) is 18.4 Å². The van der Waals surface area contributed by atoms with Crippen LogP contribution in [0.15, 0.2) is 24.7 Å². The van der Waals surface area contributed by atoms with Crippen LogP contribution in [0.25, 0.3) is 0 Å². The summed E-state index contributed by atoms with van der Waals surface area (Å²) < 4.78 is 2.99. The molecule has 2 heterocycles. The van der Waals surface area contributed by atoms with E-state index in [2.05, 4.69) is 15.5 Å². The molecule has 100 valence electrons. The summed E-state index contributed by atoms with van der Waals surface area (Å²) in [5, 5.41) is 19.1. The lowest BCUT2D eigenvalue weighted by molar-refractivity contribution is -0.137. The highest BCUT2D eigenvalue weighted by molar-refractivity contribution is 6.03. The SMILES string of the molecule is Cn1ccc(NC(=O)c2cnn(CCC(=O)O)c2)n1. The fraction of sp³-hybridized carbons (Fsp3) is 0.273. The number of carbonyl (C=O) groups excluding carboxylic acids is 1. The lowest BCUT2D eigenvalue weighted by atomic mass is 10.3. The van der Waals surface area contributed by atoms with Gasteiger partial charge in [0.2, 0.25) is 0 Å². The first-order valence-electron chi connectivity index (χ1n) is 5.60. The second-order valence-corrected chi connectivity index (χ2v) is 3.96. The molecule has 0 aliphatic rings. The van der Waals surface area contributed by atoms with Gasteiger partial charge in [0.15, 0.2) is 5.82 Å². The largest absolute Gasteiger partial charge is 0.481 e. The molecule has 2 rings (SSSR count). The molecular weight excluding hydrogens is 250 g/mol. The molecule has 19 heavy (non-hydrogen) atoms. The van der Waals surface area contributed by atoms with Crippen molar-refractivity contribution in [1.82, 2.24) is 19.6 Å². The normalized spacial score (nSPS) is 10.4. The Labute approximate surface area is 108 Å². The lowest BCUT2D eigenvalue weighted by Crippen LogP contribution is -2.12. The summed E-state index contributed by atoms with van der Waals surface area (Å²) in [6.07, 6.45) is 4.57. The molecule has 8 nitrogen and oxygen atoms in total. The number of nitrogens with one attached hydrogen (secondary N) is 1. The Morgan fingerprint density at radius 3 is 2.89 bits per heavy atom. The van der Waals surface area contributed by atoms with Gasteiger partial charge < -0.3 is 10.4 Å². The molecule has 0 unspecified atom stereocenters. The van der Waals surface area contributed by atoms with Gasteiger partial charge in [0.05, 0.1) is 24.7 Å². The number of hydrogen-bond donors (Lipinski definition) is 2. The van der Waals surface area contributed by atoms with Gasteiger partial charge in [0.1, 0.15) is 0 Å². The van der Waals surface area contributed by atoms with Gasteiger partial charge in [-0.05, 0) is 0 Å². The minimum Gasteiger partial charge on any atom is -0.481 e. The van der Waals surface area contributed by atoms with Crippen molar-refractivity contribution in [2.24, 2.45) is 7.05 Å². The summed E-state index contributed by atoms with van der Waals surface area (Å²) in [5.41, 5.74) is 0.357. The van der Waals surface area contributed by atoms with E-state index in [0.717, 1.165) is 0 Å². The van der Waals surface area contributed by atoms with Crippen LogP contribution in [-0.4, -0.2) is 36.5 Å².